The molecule has 0 aliphatic carbocycles. The first-order valence-corrected chi connectivity index (χ1v) is 12.2. The number of benzene rings is 2. The predicted molar refractivity (Wildman–Crippen MR) is 116 cm³/mol. The normalized spacial score (nSPS) is 15.6. The fraction of sp³-hybridized carbons (Fsp3) is 0.190. The lowest BCUT2D eigenvalue weighted by molar-refractivity contribution is 0.101. The molecule has 1 atom stereocenters. The minimum Gasteiger partial charge on any atom is -0.490 e. The number of rotatable bonds is 4. The van der Waals surface area contributed by atoms with E-state index in [9.17, 15) is 13.2 Å². The van der Waals surface area contributed by atoms with Gasteiger partial charge in [0.2, 0.25) is 0 Å². The zero-order valence-corrected chi connectivity index (χ0v) is 18.2. The van der Waals surface area contributed by atoms with Gasteiger partial charge in [0.05, 0.1) is 15.1 Å². The highest BCUT2D eigenvalue weighted by atomic mass is 32.2. The third-order valence-electron chi connectivity index (χ3n) is 4.93. The van der Waals surface area contributed by atoms with Crippen molar-refractivity contribution in [2.75, 3.05) is 11.6 Å². The van der Waals surface area contributed by atoms with Crippen molar-refractivity contribution in [1.82, 2.24) is 10.1 Å². The number of amides is 1. The van der Waals surface area contributed by atoms with Crippen LogP contribution in [0.1, 0.15) is 23.0 Å². The SMILES string of the molecule is C[C@H]1Cc2cc(-c3cc(C(=O)Nc4nc5ccc(S(C)(=O)=O)cc5s4)no3)ccc2O1. The summed E-state index contributed by atoms with van der Waals surface area (Å²) in [5.41, 5.74) is 2.63. The van der Waals surface area contributed by atoms with E-state index in [1.165, 1.54) is 17.4 Å². The van der Waals surface area contributed by atoms with Gasteiger partial charge in [-0.2, -0.15) is 0 Å². The van der Waals surface area contributed by atoms with Crippen molar-refractivity contribution in [1.29, 1.82) is 0 Å². The van der Waals surface area contributed by atoms with Crippen molar-refractivity contribution in [2.45, 2.75) is 24.3 Å². The predicted octanol–water partition coefficient (Wildman–Crippen LogP) is 3.93. The first kappa shape index (κ1) is 19.7. The van der Waals surface area contributed by atoms with Crippen molar-refractivity contribution in [3.8, 4) is 17.1 Å². The smallest absolute Gasteiger partial charge is 0.279 e. The van der Waals surface area contributed by atoms with Gasteiger partial charge in [-0.05, 0) is 48.9 Å². The molecule has 2 aromatic heterocycles. The van der Waals surface area contributed by atoms with Crippen molar-refractivity contribution in [3.05, 3.63) is 53.7 Å². The third-order valence-corrected chi connectivity index (χ3v) is 6.98. The van der Waals surface area contributed by atoms with E-state index >= 15 is 0 Å². The second kappa shape index (κ2) is 7.17. The molecule has 5 rings (SSSR count). The van der Waals surface area contributed by atoms with Gasteiger partial charge in [-0.1, -0.05) is 16.5 Å². The summed E-state index contributed by atoms with van der Waals surface area (Å²) in [6.07, 6.45) is 2.11. The molecule has 3 heterocycles. The highest BCUT2D eigenvalue weighted by molar-refractivity contribution is 7.90. The zero-order valence-electron chi connectivity index (χ0n) is 16.6. The standard InChI is InChI=1S/C21H17N3O5S2/c1-11-7-13-8-12(3-6-17(13)28-11)18-10-16(24-29-18)20(25)23-21-22-15-5-4-14(31(2,26)27)9-19(15)30-21/h3-6,8-11H,7H2,1-2H3,(H,22,23,25)/t11-/m0/s1. The van der Waals surface area contributed by atoms with Gasteiger partial charge in [0.25, 0.3) is 5.91 Å². The highest BCUT2D eigenvalue weighted by Crippen LogP contribution is 2.33. The number of fused-ring (bicyclic) bond motifs is 2. The summed E-state index contributed by atoms with van der Waals surface area (Å²) in [7, 11) is -3.32. The van der Waals surface area contributed by atoms with Gasteiger partial charge in [-0.25, -0.2) is 13.4 Å². The van der Waals surface area contributed by atoms with E-state index in [0.717, 1.165) is 29.6 Å². The van der Waals surface area contributed by atoms with Crippen molar-refractivity contribution in [2.24, 2.45) is 0 Å². The van der Waals surface area contributed by atoms with Gasteiger partial charge in [-0.15, -0.1) is 0 Å². The summed E-state index contributed by atoms with van der Waals surface area (Å²) < 4.78 is 35.2. The molecule has 0 radical (unpaired) electrons. The molecule has 31 heavy (non-hydrogen) atoms. The van der Waals surface area contributed by atoms with Gasteiger partial charge >= 0.3 is 0 Å². The average molecular weight is 456 g/mol. The second-order valence-corrected chi connectivity index (χ2v) is 10.5. The van der Waals surface area contributed by atoms with Crippen LogP contribution >= 0.6 is 11.3 Å². The van der Waals surface area contributed by atoms with E-state index in [2.05, 4.69) is 15.5 Å². The van der Waals surface area contributed by atoms with Crippen LogP contribution in [0.15, 0.2) is 51.9 Å². The van der Waals surface area contributed by atoms with E-state index in [0.29, 0.717) is 21.1 Å². The van der Waals surface area contributed by atoms with E-state index in [4.69, 9.17) is 9.26 Å². The highest BCUT2D eigenvalue weighted by Gasteiger charge is 2.21. The van der Waals surface area contributed by atoms with Gasteiger partial charge < -0.3 is 9.26 Å². The van der Waals surface area contributed by atoms with Crippen LogP contribution in [0, 0.1) is 0 Å². The van der Waals surface area contributed by atoms with Crippen molar-refractivity contribution >= 4 is 42.4 Å². The third kappa shape index (κ3) is 3.79. The van der Waals surface area contributed by atoms with Crippen LogP contribution in [-0.2, 0) is 16.3 Å². The number of ether oxygens (including phenoxy) is 1. The number of nitrogens with one attached hydrogen (secondary N) is 1. The molecule has 1 N–H and O–H groups in total. The van der Waals surface area contributed by atoms with Gasteiger partial charge in [-0.3, -0.25) is 10.1 Å². The summed E-state index contributed by atoms with van der Waals surface area (Å²) in [5.74, 6) is 0.883. The van der Waals surface area contributed by atoms with Crippen molar-refractivity contribution in [3.63, 3.8) is 0 Å². The topological polar surface area (TPSA) is 111 Å². The van der Waals surface area contributed by atoms with E-state index in [1.54, 1.807) is 18.2 Å². The van der Waals surface area contributed by atoms with Gasteiger partial charge in [0.15, 0.2) is 26.4 Å². The van der Waals surface area contributed by atoms with Crippen LogP contribution in [-0.4, -0.2) is 36.8 Å². The number of anilines is 1. The Kier molecular flexibility index (Phi) is 4.56. The summed E-state index contributed by atoms with van der Waals surface area (Å²) >= 11 is 1.19. The quantitative estimate of drug-likeness (QED) is 0.496. The number of thiazole rings is 1. The molecule has 0 saturated heterocycles. The first-order valence-electron chi connectivity index (χ1n) is 9.45. The van der Waals surface area contributed by atoms with E-state index in [1.807, 2.05) is 25.1 Å². The number of carbonyl (C=O) groups excluding carboxylic acids is 1. The lowest BCUT2D eigenvalue weighted by Gasteiger charge is -2.02. The molecule has 4 aromatic rings. The first-order chi connectivity index (χ1) is 14.8. The van der Waals surface area contributed by atoms with E-state index in [-0.39, 0.29) is 16.7 Å². The Morgan fingerprint density at radius 1 is 1.19 bits per heavy atom. The van der Waals surface area contributed by atoms with Gasteiger partial charge in [0.1, 0.15) is 11.9 Å². The van der Waals surface area contributed by atoms with Crippen LogP contribution in [0.25, 0.3) is 21.5 Å². The summed E-state index contributed by atoms with van der Waals surface area (Å²) in [5, 5.41) is 6.92. The zero-order chi connectivity index (χ0) is 21.8. The number of hydrogen-bond donors (Lipinski definition) is 1. The van der Waals surface area contributed by atoms with Crippen molar-refractivity contribution < 1.29 is 22.5 Å². The molecule has 0 bridgehead atoms. The largest absolute Gasteiger partial charge is 0.490 e. The molecule has 2 aromatic carbocycles. The maximum atomic E-state index is 12.6. The van der Waals surface area contributed by atoms with E-state index < -0.39 is 15.7 Å². The molecular formula is C21H17N3O5S2. The van der Waals surface area contributed by atoms with Crippen LogP contribution in [0.4, 0.5) is 5.13 Å². The fourth-order valence-electron chi connectivity index (χ4n) is 3.44. The Bertz CT molecular complexity index is 1440. The molecule has 158 valence electrons. The van der Waals surface area contributed by atoms with Crippen LogP contribution in [0.3, 0.4) is 0 Å². The number of sulfone groups is 1. The lowest BCUT2D eigenvalue weighted by Crippen LogP contribution is -2.11. The molecule has 10 heteroatoms. The monoisotopic (exact) mass is 455 g/mol. The Morgan fingerprint density at radius 3 is 2.84 bits per heavy atom. The minimum atomic E-state index is -3.32. The molecule has 1 amide bonds. The second-order valence-electron chi connectivity index (χ2n) is 7.41. The molecule has 0 unspecified atom stereocenters. The summed E-state index contributed by atoms with van der Waals surface area (Å²) in [6, 6.07) is 12.0. The molecule has 8 nitrogen and oxygen atoms in total. The fourth-order valence-corrected chi connectivity index (χ4v) is 5.07. The molecular weight excluding hydrogens is 438 g/mol. The molecule has 1 aliphatic heterocycles. The van der Waals surface area contributed by atoms with Crippen LogP contribution in [0.5, 0.6) is 5.75 Å². The van der Waals surface area contributed by atoms with Crippen LogP contribution in [0.2, 0.25) is 0 Å². The lowest BCUT2D eigenvalue weighted by atomic mass is 10.1. The molecule has 0 saturated carbocycles. The number of nitrogens with zero attached hydrogens (tertiary/aromatic N) is 2. The Balaban J connectivity index is 1.36. The molecule has 1 aliphatic rings. The Hall–Kier alpha value is -3.24. The maximum absolute atomic E-state index is 12.6. The maximum Gasteiger partial charge on any atom is 0.279 e. The number of aromatic nitrogens is 2. The Labute approximate surface area is 181 Å². The summed E-state index contributed by atoms with van der Waals surface area (Å²) in [4.78, 5) is 17.1. The summed E-state index contributed by atoms with van der Waals surface area (Å²) in [6.45, 7) is 2.01. The number of carbonyl (C=O) groups is 1. The Morgan fingerprint density at radius 2 is 2.03 bits per heavy atom. The minimum absolute atomic E-state index is 0.121. The van der Waals surface area contributed by atoms with Gasteiger partial charge in [0, 0.05) is 24.3 Å². The average Bonchev–Trinajstić information content (AvgIpc) is 3.42. The number of hydrogen-bond acceptors (Lipinski definition) is 8. The molecule has 0 spiro atoms. The van der Waals surface area contributed by atoms with Crippen LogP contribution < -0.4 is 10.1 Å². The molecule has 0 fully saturated rings.